The van der Waals surface area contributed by atoms with E-state index in [0.717, 1.165) is 13.1 Å². The normalized spacial score (nSPS) is 16.9. The smallest absolute Gasteiger partial charge is 0.309 e. The highest BCUT2D eigenvalue weighted by atomic mass is 32.1. The molecule has 2 heterocycles. The Kier molecular flexibility index (Phi) is 5.76. The van der Waals surface area contributed by atoms with Gasteiger partial charge >= 0.3 is 11.8 Å². The lowest BCUT2D eigenvalue weighted by molar-refractivity contribution is -0.139. The van der Waals surface area contributed by atoms with E-state index in [9.17, 15) is 9.59 Å². The maximum absolute atomic E-state index is 11.8. The number of nitrogens with one attached hydrogen (secondary N) is 2. The molecule has 0 unspecified atom stereocenters. The van der Waals surface area contributed by atoms with Crippen LogP contribution in [0.15, 0.2) is 16.8 Å². The molecule has 6 heteroatoms. The molecule has 5 nitrogen and oxygen atoms in total. The summed E-state index contributed by atoms with van der Waals surface area (Å²) >= 11 is 1.66. The van der Waals surface area contributed by atoms with Crippen molar-refractivity contribution < 1.29 is 9.59 Å². The molecule has 2 amide bonds. The van der Waals surface area contributed by atoms with Crippen molar-refractivity contribution in [3.63, 3.8) is 0 Å². The summed E-state index contributed by atoms with van der Waals surface area (Å²) in [6, 6.07) is 2.22. The Morgan fingerprint density at radius 3 is 2.57 bits per heavy atom. The third-order valence-corrected chi connectivity index (χ3v) is 4.29. The van der Waals surface area contributed by atoms with Gasteiger partial charge in [-0.05, 0) is 62.2 Å². The van der Waals surface area contributed by atoms with E-state index in [1.807, 2.05) is 19.2 Å². The Balaban J connectivity index is 1.93. The second kappa shape index (κ2) is 7.56. The molecule has 1 aromatic heterocycles. The van der Waals surface area contributed by atoms with E-state index in [4.69, 9.17) is 0 Å². The number of carbonyl (C=O) groups excluding carboxylic acids is 2. The second-order valence-corrected chi connectivity index (χ2v) is 6.43. The van der Waals surface area contributed by atoms with Crippen molar-refractivity contribution in [1.82, 2.24) is 15.5 Å². The van der Waals surface area contributed by atoms with Crippen molar-refractivity contribution in [2.24, 2.45) is 0 Å². The van der Waals surface area contributed by atoms with Crippen LogP contribution in [0.2, 0.25) is 0 Å². The molecule has 2 rings (SSSR count). The molecule has 0 radical (unpaired) electrons. The van der Waals surface area contributed by atoms with E-state index in [0.29, 0.717) is 6.54 Å². The quantitative estimate of drug-likeness (QED) is 0.811. The fourth-order valence-corrected chi connectivity index (χ4v) is 3.28. The Morgan fingerprint density at radius 1 is 1.29 bits per heavy atom. The maximum Gasteiger partial charge on any atom is 0.309 e. The van der Waals surface area contributed by atoms with Gasteiger partial charge in [0, 0.05) is 12.6 Å². The number of likely N-dealkylation sites (tertiary alicyclic amines) is 1. The summed E-state index contributed by atoms with van der Waals surface area (Å²) in [5, 5.41) is 9.53. The van der Waals surface area contributed by atoms with Crippen LogP contribution < -0.4 is 10.6 Å². The van der Waals surface area contributed by atoms with E-state index in [1.54, 1.807) is 11.3 Å². The largest absolute Gasteiger partial charge is 0.346 e. The van der Waals surface area contributed by atoms with Gasteiger partial charge in [0.25, 0.3) is 0 Å². The summed E-state index contributed by atoms with van der Waals surface area (Å²) in [6.45, 7) is 6.25. The summed E-state index contributed by atoms with van der Waals surface area (Å²) in [5.41, 5.74) is 1.21. The lowest BCUT2D eigenvalue weighted by Gasteiger charge is -2.27. The van der Waals surface area contributed by atoms with Crippen LogP contribution in [0.25, 0.3) is 0 Å². The highest BCUT2D eigenvalue weighted by molar-refractivity contribution is 7.07. The van der Waals surface area contributed by atoms with Crippen LogP contribution in [0.5, 0.6) is 0 Å². The molecule has 0 saturated carbocycles. The van der Waals surface area contributed by atoms with E-state index in [-0.39, 0.29) is 12.1 Å². The molecule has 0 spiro atoms. The number of rotatable bonds is 5. The van der Waals surface area contributed by atoms with Gasteiger partial charge in [0.1, 0.15) is 0 Å². The van der Waals surface area contributed by atoms with E-state index >= 15 is 0 Å². The standard InChI is InChI=1S/C15H23N3O2S/c1-11(2)17-15(20)14(19)16-9-13(12-5-8-21-10-12)18-6-3-4-7-18/h5,8,10-11,13H,3-4,6-7,9H2,1-2H3,(H,16,19)(H,17,20)/t13-/m0/s1. The van der Waals surface area contributed by atoms with Crippen LogP contribution in [-0.2, 0) is 9.59 Å². The van der Waals surface area contributed by atoms with Crippen molar-refractivity contribution in [3.8, 4) is 0 Å². The average molecular weight is 309 g/mol. The first-order valence-corrected chi connectivity index (χ1v) is 8.37. The molecular formula is C15H23N3O2S. The third kappa shape index (κ3) is 4.54. The fraction of sp³-hybridized carbons (Fsp3) is 0.600. The zero-order valence-corrected chi connectivity index (χ0v) is 13.4. The SMILES string of the molecule is CC(C)NC(=O)C(=O)NC[C@@H](c1ccsc1)N1CCCC1. The first-order chi connectivity index (χ1) is 10.1. The Labute approximate surface area is 129 Å². The monoisotopic (exact) mass is 309 g/mol. The average Bonchev–Trinajstić information content (AvgIpc) is 3.11. The number of hydrogen-bond donors (Lipinski definition) is 2. The molecule has 1 fully saturated rings. The molecule has 116 valence electrons. The van der Waals surface area contributed by atoms with Gasteiger partial charge in [-0.25, -0.2) is 0 Å². The van der Waals surface area contributed by atoms with Crippen LogP contribution >= 0.6 is 11.3 Å². The Hall–Kier alpha value is -1.40. The van der Waals surface area contributed by atoms with Crippen molar-refractivity contribution in [1.29, 1.82) is 0 Å². The van der Waals surface area contributed by atoms with Gasteiger partial charge in [0.15, 0.2) is 0 Å². The number of thiophene rings is 1. The topological polar surface area (TPSA) is 61.4 Å². The first-order valence-electron chi connectivity index (χ1n) is 7.42. The van der Waals surface area contributed by atoms with Gasteiger partial charge in [-0.3, -0.25) is 14.5 Å². The van der Waals surface area contributed by atoms with Crippen molar-refractivity contribution in [2.75, 3.05) is 19.6 Å². The van der Waals surface area contributed by atoms with Gasteiger partial charge in [-0.2, -0.15) is 11.3 Å². The first kappa shape index (κ1) is 16.0. The summed E-state index contributed by atoms with van der Waals surface area (Å²) in [7, 11) is 0. The molecule has 1 aliphatic heterocycles. The molecule has 0 aliphatic carbocycles. The van der Waals surface area contributed by atoms with Gasteiger partial charge in [-0.15, -0.1) is 0 Å². The molecule has 0 bridgehead atoms. The number of hydrogen-bond acceptors (Lipinski definition) is 4. The predicted octanol–water partition coefficient (Wildman–Crippen LogP) is 1.53. The summed E-state index contributed by atoms with van der Waals surface area (Å²) < 4.78 is 0. The maximum atomic E-state index is 11.8. The lowest BCUT2D eigenvalue weighted by atomic mass is 10.1. The van der Waals surface area contributed by atoms with Crippen LogP contribution in [0.1, 0.15) is 38.3 Å². The van der Waals surface area contributed by atoms with Gasteiger partial charge in [0.2, 0.25) is 0 Å². The Bertz CT molecular complexity index is 467. The molecule has 1 aromatic rings. The van der Waals surface area contributed by atoms with Gasteiger partial charge < -0.3 is 10.6 Å². The van der Waals surface area contributed by atoms with E-state index in [1.165, 1.54) is 18.4 Å². The highest BCUT2D eigenvalue weighted by Gasteiger charge is 2.25. The van der Waals surface area contributed by atoms with E-state index in [2.05, 4.69) is 27.0 Å². The van der Waals surface area contributed by atoms with Gasteiger partial charge in [0.05, 0.1) is 6.04 Å². The van der Waals surface area contributed by atoms with Crippen LogP contribution in [-0.4, -0.2) is 42.4 Å². The summed E-state index contributed by atoms with van der Waals surface area (Å²) in [4.78, 5) is 25.8. The summed E-state index contributed by atoms with van der Waals surface area (Å²) in [6.07, 6.45) is 2.39. The molecule has 1 saturated heterocycles. The number of carbonyl (C=O) groups is 2. The van der Waals surface area contributed by atoms with Crippen LogP contribution in [0.3, 0.4) is 0 Å². The fourth-order valence-electron chi connectivity index (χ4n) is 2.57. The third-order valence-electron chi connectivity index (χ3n) is 3.59. The van der Waals surface area contributed by atoms with Gasteiger partial charge in [-0.1, -0.05) is 0 Å². The number of amides is 2. The number of nitrogens with zero attached hydrogens (tertiary/aromatic N) is 1. The molecule has 2 N–H and O–H groups in total. The van der Waals surface area contributed by atoms with Crippen LogP contribution in [0, 0.1) is 0 Å². The minimum Gasteiger partial charge on any atom is -0.346 e. The summed E-state index contributed by atoms with van der Waals surface area (Å²) in [5.74, 6) is -1.11. The molecular weight excluding hydrogens is 286 g/mol. The van der Waals surface area contributed by atoms with Crippen LogP contribution in [0.4, 0.5) is 0 Å². The minimum atomic E-state index is -0.560. The molecule has 21 heavy (non-hydrogen) atoms. The second-order valence-electron chi connectivity index (χ2n) is 5.65. The predicted molar refractivity (Wildman–Crippen MR) is 84.2 cm³/mol. The van der Waals surface area contributed by atoms with Crippen molar-refractivity contribution in [3.05, 3.63) is 22.4 Å². The zero-order chi connectivity index (χ0) is 15.2. The molecule has 1 atom stereocenters. The zero-order valence-electron chi connectivity index (χ0n) is 12.6. The lowest BCUT2D eigenvalue weighted by Crippen LogP contribution is -2.45. The molecule has 0 aromatic carbocycles. The molecule has 1 aliphatic rings. The Morgan fingerprint density at radius 2 is 2.00 bits per heavy atom. The minimum absolute atomic E-state index is 0.0329. The highest BCUT2D eigenvalue weighted by Crippen LogP contribution is 2.26. The van der Waals surface area contributed by atoms with Crippen molar-refractivity contribution >= 4 is 23.2 Å². The van der Waals surface area contributed by atoms with Crippen molar-refractivity contribution in [2.45, 2.75) is 38.8 Å². The van der Waals surface area contributed by atoms with E-state index < -0.39 is 11.8 Å².